The maximum Gasteiger partial charge on any atom is 0.241 e. The zero-order chi connectivity index (χ0) is 10.3. The third kappa shape index (κ3) is 9.21. The van der Waals surface area contributed by atoms with Gasteiger partial charge in [-0.2, -0.15) is 0 Å². The number of rotatable bonds is 6. The smallest absolute Gasteiger partial charge is 0.241 e. The van der Waals surface area contributed by atoms with E-state index >= 15 is 0 Å². The second-order valence-electron chi connectivity index (χ2n) is 2.48. The van der Waals surface area contributed by atoms with Crippen molar-refractivity contribution in [2.75, 3.05) is 0 Å². The van der Waals surface area contributed by atoms with Crippen molar-refractivity contribution >= 4 is 5.91 Å². The van der Waals surface area contributed by atoms with Crippen molar-refractivity contribution in [2.24, 2.45) is 5.73 Å². The maximum absolute atomic E-state index is 10.5. The Morgan fingerprint density at radius 2 is 2.27 bits per heavy atom. The molecule has 0 radical (unpaired) electrons. The van der Waals surface area contributed by atoms with E-state index in [0.717, 1.165) is 25.7 Å². The van der Waals surface area contributed by atoms with Gasteiger partial charge >= 0.3 is 0 Å². The fourth-order valence-corrected chi connectivity index (χ4v) is 0.790. The molecule has 0 fully saturated rings. The zero-order valence-electron chi connectivity index (χ0n) is 9.02. The Balaban J connectivity index is 3.79. The number of primary amides is 1. The first kappa shape index (κ1) is 6.89. The highest BCUT2D eigenvalue weighted by Gasteiger charge is 1.85. The normalized spacial score (nSPS) is 15.0. The number of unbranched alkanes of at least 4 members (excludes halogenated alkanes) is 3. The Kier molecular flexibility index (Phi) is 4.59. The maximum atomic E-state index is 10.5. The minimum atomic E-state index is -0.805. The van der Waals surface area contributed by atoms with Gasteiger partial charge in [-0.3, -0.25) is 4.79 Å². The van der Waals surface area contributed by atoms with Crippen LogP contribution < -0.4 is 5.73 Å². The Morgan fingerprint density at radius 1 is 1.55 bits per heavy atom. The van der Waals surface area contributed by atoms with E-state index in [-0.39, 0.29) is 12.1 Å². The van der Waals surface area contributed by atoms with Gasteiger partial charge in [0, 0.05) is 0 Å². The summed E-state index contributed by atoms with van der Waals surface area (Å²) in [4.78, 5) is 10.5. The third-order valence-electron chi connectivity index (χ3n) is 1.37. The molecule has 11 heavy (non-hydrogen) atoms. The quantitative estimate of drug-likeness (QED) is 0.465. The van der Waals surface area contributed by atoms with Gasteiger partial charge in [0.05, 0.1) is 2.74 Å². The number of amides is 1. The monoisotopic (exact) mass is 157 g/mol. The second-order valence-corrected chi connectivity index (χ2v) is 2.48. The Bertz CT molecular complexity index is 202. The summed E-state index contributed by atoms with van der Waals surface area (Å²) in [6.07, 6.45) is 4.67. The lowest BCUT2D eigenvalue weighted by Gasteiger charge is -1.92. The van der Waals surface area contributed by atoms with Gasteiger partial charge in [0.2, 0.25) is 5.91 Å². The van der Waals surface area contributed by atoms with E-state index in [1.54, 1.807) is 0 Å². The van der Waals surface area contributed by atoms with E-state index < -0.39 is 5.91 Å². The molecule has 0 aliphatic rings. The third-order valence-corrected chi connectivity index (χ3v) is 1.37. The van der Waals surface area contributed by atoms with Crippen molar-refractivity contribution in [1.29, 1.82) is 0 Å². The summed E-state index contributed by atoms with van der Waals surface area (Å²) >= 11 is 0. The molecule has 0 saturated carbocycles. The standard InChI is InChI=1S/C9H17NO/c1-2-3-4-5-6-7-8-9(10)11/h7-8H,2-6H2,1H3,(H2,10,11)/b8-7+/i7D,8D. The summed E-state index contributed by atoms with van der Waals surface area (Å²) in [5.74, 6) is -0.805. The van der Waals surface area contributed by atoms with Crippen LogP contribution in [0, 0.1) is 0 Å². The number of nitrogens with two attached hydrogens (primary N) is 1. The molecule has 64 valence electrons. The Morgan fingerprint density at radius 3 is 2.82 bits per heavy atom. The van der Waals surface area contributed by atoms with E-state index in [4.69, 9.17) is 8.48 Å². The Labute approximate surface area is 71.3 Å². The number of hydrogen-bond donors (Lipinski definition) is 1. The van der Waals surface area contributed by atoms with Crippen LogP contribution in [0.25, 0.3) is 0 Å². The molecule has 0 atom stereocenters. The number of hydrogen-bond acceptors (Lipinski definition) is 1. The number of allylic oxidation sites excluding steroid dienone is 1. The van der Waals surface area contributed by atoms with E-state index in [0.29, 0.717) is 6.42 Å². The molecule has 0 aromatic rings. The van der Waals surface area contributed by atoms with Crippen LogP contribution in [0.15, 0.2) is 12.1 Å². The van der Waals surface area contributed by atoms with Gasteiger partial charge in [0.1, 0.15) is 0 Å². The molecule has 0 unspecified atom stereocenters. The molecule has 0 saturated heterocycles. The zero-order valence-corrected chi connectivity index (χ0v) is 7.02. The van der Waals surface area contributed by atoms with Crippen molar-refractivity contribution in [3.8, 4) is 0 Å². The molecule has 0 bridgehead atoms. The SMILES string of the molecule is [2H]/C(CCCCCC)=C(/[2H])C(N)=O. The van der Waals surface area contributed by atoms with Gasteiger partial charge in [0.25, 0.3) is 0 Å². The fourth-order valence-electron chi connectivity index (χ4n) is 0.790. The lowest BCUT2D eigenvalue weighted by atomic mass is 10.1. The molecule has 0 aliphatic heterocycles. The van der Waals surface area contributed by atoms with Crippen LogP contribution in [-0.2, 0) is 4.79 Å². The van der Waals surface area contributed by atoms with Crippen LogP contribution in [0.4, 0.5) is 0 Å². The molecule has 0 aromatic heterocycles. The topological polar surface area (TPSA) is 43.1 Å². The highest BCUT2D eigenvalue weighted by Crippen LogP contribution is 2.02. The predicted octanol–water partition coefficient (Wildman–Crippen LogP) is 2.00. The summed E-state index contributed by atoms with van der Waals surface area (Å²) in [6.45, 7) is 2.11. The van der Waals surface area contributed by atoms with E-state index in [2.05, 4.69) is 6.92 Å². The van der Waals surface area contributed by atoms with Crippen LogP contribution >= 0.6 is 0 Å². The molecule has 1 amide bonds. The molecular weight excluding hydrogens is 138 g/mol. The molecule has 0 heterocycles. The first-order chi connectivity index (χ1) is 6.09. The molecule has 0 aliphatic carbocycles. The Hall–Kier alpha value is -0.790. The van der Waals surface area contributed by atoms with Crippen LogP contribution in [-0.4, -0.2) is 5.91 Å². The summed E-state index contributed by atoms with van der Waals surface area (Å²) in [6, 6.07) is -0.292. The van der Waals surface area contributed by atoms with E-state index in [1.807, 2.05) is 0 Å². The van der Waals surface area contributed by atoms with Gasteiger partial charge in [-0.25, -0.2) is 0 Å². The molecular formula is C9H17NO. The van der Waals surface area contributed by atoms with Crippen molar-refractivity contribution in [3.63, 3.8) is 0 Å². The summed E-state index contributed by atoms with van der Waals surface area (Å²) < 4.78 is 14.5. The summed E-state index contributed by atoms with van der Waals surface area (Å²) in [5, 5.41) is 0. The minimum Gasteiger partial charge on any atom is -0.366 e. The average molecular weight is 157 g/mol. The van der Waals surface area contributed by atoms with Crippen LogP contribution in [0.5, 0.6) is 0 Å². The van der Waals surface area contributed by atoms with Crippen molar-refractivity contribution in [2.45, 2.75) is 39.0 Å². The van der Waals surface area contributed by atoms with Gasteiger partial charge in [-0.05, 0) is 18.9 Å². The second kappa shape index (κ2) is 7.32. The summed E-state index contributed by atoms with van der Waals surface area (Å²) in [7, 11) is 0. The van der Waals surface area contributed by atoms with Crippen molar-refractivity contribution in [1.82, 2.24) is 0 Å². The average Bonchev–Trinajstić information content (AvgIpc) is 2.10. The molecule has 2 heteroatoms. The van der Waals surface area contributed by atoms with Crippen LogP contribution in [0.3, 0.4) is 0 Å². The van der Waals surface area contributed by atoms with Gasteiger partial charge in [-0.15, -0.1) is 0 Å². The largest absolute Gasteiger partial charge is 0.366 e. The first-order valence-corrected chi connectivity index (χ1v) is 4.05. The van der Waals surface area contributed by atoms with Gasteiger partial charge < -0.3 is 5.73 Å². The first-order valence-electron chi connectivity index (χ1n) is 5.05. The molecule has 2 N–H and O–H groups in total. The molecule has 0 aromatic carbocycles. The fraction of sp³-hybridized carbons (Fsp3) is 0.667. The lowest BCUT2D eigenvalue weighted by molar-refractivity contribution is -0.113. The highest BCUT2D eigenvalue weighted by atomic mass is 16.1. The van der Waals surface area contributed by atoms with E-state index in [9.17, 15) is 4.79 Å². The minimum absolute atomic E-state index is 0.0589. The predicted molar refractivity (Wildman–Crippen MR) is 47.1 cm³/mol. The van der Waals surface area contributed by atoms with Crippen LogP contribution in [0.1, 0.15) is 41.8 Å². The molecule has 0 rings (SSSR count). The van der Waals surface area contributed by atoms with Crippen molar-refractivity contribution in [3.05, 3.63) is 12.1 Å². The van der Waals surface area contributed by atoms with Gasteiger partial charge in [-0.1, -0.05) is 32.2 Å². The van der Waals surface area contributed by atoms with Crippen molar-refractivity contribution < 1.29 is 7.54 Å². The number of carbonyl (C=O) groups excluding carboxylic acids is 1. The highest BCUT2D eigenvalue weighted by molar-refractivity contribution is 5.85. The lowest BCUT2D eigenvalue weighted by Crippen LogP contribution is -2.05. The summed E-state index contributed by atoms with van der Waals surface area (Å²) in [5.41, 5.74) is 4.86. The van der Waals surface area contributed by atoms with Gasteiger partial charge in [0.15, 0.2) is 0 Å². The number of carbonyl (C=O) groups is 1. The molecule has 2 nitrogen and oxygen atoms in total. The van der Waals surface area contributed by atoms with Crippen LogP contribution in [0.2, 0.25) is 0 Å². The van der Waals surface area contributed by atoms with E-state index in [1.165, 1.54) is 0 Å². The molecule has 0 spiro atoms.